The number of hydrogen-bond acceptors (Lipinski definition) is 4. The molecule has 0 bridgehead atoms. The Morgan fingerprint density at radius 1 is 1.30 bits per heavy atom. The number of carbonyl (C=O) groups is 2. The number of amides is 1. The van der Waals surface area contributed by atoms with E-state index in [0.717, 1.165) is 16.2 Å². The molecule has 1 heterocycles. The predicted molar refractivity (Wildman–Crippen MR) is 79.2 cm³/mol. The standard InChI is InChI=1S/C13H10BrNO4S/c14-8-2-1-3-9(6-8)15-11(16)7-20-12-5-4-10(19-12)13(17)18/h1-6H,7H2,(H,15,16)(H,17,18). The fourth-order valence-electron chi connectivity index (χ4n) is 1.41. The van der Waals surface area contributed by atoms with E-state index in [1.165, 1.54) is 12.1 Å². The lowest BCUT2D eigenvalue weighted by atomic mass is 10.3. The molecule has 0 unspecified atom stereocenters. The van der Waals surface area contributed by atoms with E-state index in [2.05, 4.69) is 21.2 Å². The smallest absolute Gasteiger partial charge is 0.371 e. The molecule has 0 fully saturated rings. The minimum Gasteiger partial charge on any atom is -0.475 e. The first-order valence-corrected chi connectivity index (χ1v) is 7.34. The van der Waals surface area contributed by atoms with Crippen LogP contribution in [0.2, 0.25) is 0 Å². The lowest BCUT2D eigenvalue weighted by Crippen LogP contribution is -2.13. The zero-order valence-corrected chi connectivity index (χ0v) is 12.5. The molecule has 0 spiro atoms. The van der Waals surface area contributed by atoms with Gasteiger partial charge in [-0.25, -0.2) is 4.79 Å². The van der Waals surface area contributed by atoms with Crippen molar-refractivity contribution in [2.75, 3.05) is 11.1 Å². The van der Waals surface area contributed by atoms with Gasteiger partial charge in [0, 0.05) is 10.2 Å². The van der Waals surface area contributed by atoms with E-state index in [-0.39, 0.29) is 17.4 Å². The Bertz CT molecular complexity index is 641. The van der Waals surface area contributed by atoms with Crippen molar-refractivity contribution >= 4 is 45.3 Å². The largest absolute Gasteiger partial charge is 0.475 e. The van der Waals surface area contributed by atoms with E-state index in [9.17, 15) is 9.59 Å². The maximum atomic E-state index is 11.7. The Labute approximate surface area is 127 Å². The van der Waals surface area contributed by atoms with Crippen molar-refractivity contribution in [1.82, 2.24) is 0 Å². The van der Waals surface area contributed by atoms with Crippen LogP contribution in [0, 0.1) is 0 Å². The predicted octanol–water partition coefficient (Wildman–Crippen LogP) is 3.47. The number of halogens is 1. The van der Waals surface area contributed by atoms with Crippen LogP contribution in [-0.4, -0.2) is 22.7 Å². The lowest BCUT2D eigenvalue weighted by Gasteiger charge is -2.04. The molecule has 7 heteroatoms. The van der Waals surface area contributed by atoms with Crippen LogP contribution in [0.25, 0.3) is 0 Å². The third-order valence-electron chi connectivity index (χ3n) is 2.25. The molecule has 2 aromatic rings. The number of carbonyl (C=O) groups excluding carboxylic acids is 1. The van der Waals surface area contributed by atoms with E-state index >= 15 is 0 Å². The van der Waals surface area contributed by atoms with Crippen LogP contribution in [0.4, 0.5) is 5.69 Å². The first-order chi connectivity index (χ1) is 9.54. The van der Waals surface area contributed by atoms with Gasteiger partial charge in [0.15, 0.2) is 5.09 Å². The van der Waals surface area contributed by atoms with Gasteiger partial charge in [-0.3, -0.25) is 4.79 Å². The highest BCUT2D eigenvalue weighted by Crippen LogP contribution is 2.22. The monoisotopic (exact) mass is 355 g/mol. The highest BCUT2D eigenvalue weighted by Gasteiger charge is 2.11. The Balaban J connectivity index is 1.87. The molecule has 0 saturated carbocycles. The highest BCUT2D eigenvalue weighted by atomic mass is 79.9. The van der Waals surface area contributed by atoms with Gasteiger partial charge >= 0.3 is 5.97 Å². The normalized spacial score (nSPS) is 10.2. The van der Waals surface area contributed by atoms with Gasteiger partial charge in [0.05, 0.1) is 5.75 Å². The molecule has 0 aliphatic carbocycles. The number of furan rings is 1. The highest BCUT2D eigenvalue weighted by molar-refractivity contribution is 9.10. The molecule has 0 saturated heterocycles. The van der Waals surface area contributed by atoms with E-state index in [1.54, 1.807) is 12.1 Å². The van der Waals surface area contributed by atoms with Crippen molar-refractivity contribution in [3.05, 3.63) is 46.6 Å². The van der Waals surface area contributed by atoms with Gasteiger partial charge in [0.25, 0.3) is 0 Å². The molecule has 2 N–H and O–H groups in total. The van der Waals surface area contributed by atoms with Crippen LogP contribution in [0.1, 0.15) is 10.6 Å². The summed E-state index contributed by atoms with van der Waals surface area (Å²) in [6, 6.07) is 10.1. The van der Waals surface area contributed by atoms with Crippen LogP contribution in [0.15, 0.2) is 50.4 Å². The van der Waals surface area contributed by atoms with Crippen LogP contribution in [0.5, 0.6) is 0 Å². The van der Waals surface area contributed by atoms with E-state index in [0.29, 0.717) is 10.8 Å². The molecular formula is C13H10BrNO4S. The summed E-state index contributed by atoms with van der Waals surface area (Å²) in [5.74, 6) is -1.32. The van der Waals surface area contributed by atoms with E-state index in [1.807, 2.05) is 12.1 Å². The number of rotatable bonds is 5. The number of carboxylic acids is 1. The van der Waals surface area contributed by atoms with Crippen molar-refractivity contribution in [2.24, 2.45) is 0 Å². The topological polar surface area (TPSA) is 79.5 Å². The van der Waals surface area contributed by atoms with Crippen LogP contribution < -0.4 is 5.32 Å². The second-order valence-electron chi connectivity index (χ2n) is 3.77. The fraction of sp³-hybridized carbons (Fsp3) is 0.0769. The second-order valence-corrected chi connectivity index (χ2v) is 5.67. The first kappa shape index (κ1) is 14.7. The van der Waals surface area contributed by atoms with Gasteiger partial charge in [-0.05, 0) is 30.3 Å². The summed E-state index contributed by atoms with van der Waals surface area (Å²) >= 11 is 4.45. The number of thioether (sulfide) groups is 1. The number of benzene rings is 1. The third-order valence-corrected chi connectivity index (χ3v) is 3.65. The van der Waals surface area contributed by atoms with Crippen LogP contribution >= 0.6 is 27.7 Å². The summed E-state index contributed by atoms with van der Waals surface area (Å²) in [6.07, 6.45) is 0. The molecular weight excluding hydrogens is 346 g/mol. The van der Waals surface area contributed by atoms with Gasteiger partial charge in [-0.15, -0.1) is 0 Å². The molecule has 2 rings (SSSR count). The molecule has 1 aromatic carbocycles. The number of hydrogen-bond donors (Lipinski definition) is 2. The lowest BCUT2D eigenvalue weighted by molar-refractivity contribution is -0.113. The van der Waals surface area contributed by atoms with Crippen molar-refractivity contribution in [3.8, 4) is 0 Å². The molecule has 20 heavy (non-hydrogen) atoms. The average molecular weight is 356 g/mol. The van der Waals surface area contributed by atoms with E-state index < -0.39 is 5.97 Å². The van der Waals surface area contributed by atoms with Gasteiger partial charge in [-0.2, -0.15) is 0 Å². The van der Waals surface area contributed by atoms with Gasteiger partial charge in [0.2, 0.25) is 11.7 Å². The quantitative estimate of drug-likeness (QED) is 0.802. The fourth-order valence-corrected chi connectivity index (χ4v) is 2.47. The number of anilines is 1. The molecule has 1 amide bonds. The average Bonchev–Trinajstić information content (AvgIpc) is 2.85. The van der Waals surface area contributed by atoms with Gasteiger partial charge in [0.1, 0.15) is 0 Å². The first-order valence-electron chi connectivity index (χ1n) is 5.56. The molecule has 104 valence electrons. The minimum atomic E-state index is -1.13. The van der Waals surface area contributed by atoms with Gasteiger partial charge in [-0.1, -0.05) is 33.8 Å². The Hall–Kier alpha value is -1.73. The number of nitrogens with one attached hydrogen (secondary N) is 1. The number of carboxylic acid groups (broad SMARTS) is 1. The molecule has 0 atom stereocenters. The Morgan fingerprint density at radius 2 is 2.10 bits per heavy atom. The Kier molecular flexibility index (Phi) is 4.86. The maximum absolute atomic E-state index is 11.7. The summed E-state index contributed by atoms with van der Waals surface area (Å²) in [5, 5.41) is 11.8. The van der Waals surface area contributed by atoms with Crippen molar-refractivity contribution in [2.45, 2.75) is 5.09 Å². The van der Waals surface area contributed by atoms with Crippen LogP contribution in [0.3, 0.4) is 0 Å². The minimum absolute atomic E-state index is 0.138. The second kappa shape index (κ2) is 6.62. The SMILES string of the molecule is O=C(CSc1ccc(C(=O)O)o1)Nc1cccc(Br)c1. The zero-order valence-electron chi connectivity index (χ0n) is 10.1. The third kappa shape index (κ3) is 4.14. The summed E-state index contributed by atoms with van der Waals surface area (Å²) in [4.78, 5) is 22.4. The molecule has 0 aliphatic rings. The van der Waals surface area contributed by atoms with Crippen molar-refractivity contribution in [1.29, 1.82) is 0 Å². The zero-order chi connectivity index (χ0) is 14.5. The summed E-state index contributed by atoms with van der Waals surface area (Å²) in [5.41, 5.74) is 0.690. The maximum Gasteiger partial charge on any atom is 0.371 e. The summed E-state index contributed by atoms with van der Waals surface area (Å²) in [6.45, 7) is 0. The summed E-state index contributed by atoms with van der Waals surface area (Å²) in [7, 11) is 0. The van der Waals surface area contributed by atoms with E-state index in [4.69, 9.17) is 9.52 Å². The molecule has 1 aromatic heterocycles. The van der Waals surface area contributed by atoms with Crippen LogP contribution in [-0.2, 0) is 4.79 Å². The summed E-state index contributed by atoms with van der Waals surface area (Å²) < 4.78 is 5.92. The molecule has 0 radical (unpaired) electrons. The molecule has 5 nitrogen and oxygen atoms in total. The van der Waals surface area contributed by atoms with Crippen molar-refractivity contribution in [3.63, 3.8) is 0 Å². The van der Waals surface area contributed by atoms with Crippen molar-refractivity contribution < 1.29 is 19.1 Å². The number of aromatic carboxylic acids is 1. The van der Waals surface area contributed by atoms with Gasteiger partial charge < -0.3 is 14.8 Å². The molecule has 0 aliphatic heterocycles. The Morgan fingerprint density at radius 3 is 2.75 bits per heavy atom.